The molecule has 34 heavy (non-hydrogen) atoms. The maximum Gasteiger partial charge on any atom is 0.416 e. The van der Waals surface area contributed by atoms with Crippen LogP contribution in [0.1, 0.15) is 45.1 Å². The van der Waals surface area contributed by atoms with Gasteiger partial charge in [-0.2, -0.15) is 17.5 Å². The number of ether oxygens (including phenoxy) is 1. The number of nitrogens with one attached hydrogen (secondary N) is 1. The van der Waals surface area contributed by atoms with E-state index in [9.17, 15) is 26.4 Å². The van der Waals surface area contributed by atoms with E-state index < -0.39 is 33.8 Å². The van der Waals surface area contributed by atoms with Crippen LogP contribution in [-0.2, 0) is 25.7 Å². The molecule has 7 nitrogen and oxygen atoms in total. The van der Waals surface area contributed by atoms with Gasteiger partial charge in [-0.3, -0.25) is 4.79 Å². The van der Waals surface area contributed by atoms with Crippen molar-refractivity contribution < 1.29 is 31.1 Å². The SMILES string of the molecule is CN[C@@H](CC(C)C)C(=O)N1CCC(N(C2CCOC2)S(=O)(=O)c2cccc(C(F)(F)F)c2)CC1. The zero-order valence-corrected chi connectivity index (χ0v) is 20.7. The molecule has 1 unspecified atom stereocenters. The predicted octanol–water partition coefficient (Wildman–Crippen LogP) is 3.11. The van der Waals surface area contributed by atoms with E-state index in [1.54, 1.807) is 11.9 Å². The van der Waals surface area contributed by atoms with Crippen LogP contribution >= 0.6 is 0 Å². The Balaban J connectivity index is 1.81. The summed E-state index contributed by atoms with van der Waals surface area (Å²) in [6.45, 7) is 5.47. The lowest BCUT2D eigenvalue weighted by Crippen LogP contribution is -2.55. The Labute approximate surface area is 199 Å². The largest absolute Gasteiger partial charge is 0.416 e. The van der Waals surface area contributed by atoms with Crippen molar-refractivity contribution in [2.24, 2.45) is 5.92 Å². The fraction of sp³-hybridized carbons (Fsp3) is 0.696. The van der Waals surface area contributed by atoms with Crippen LogP contribution in [0.25, 0.3) is 0 Å². The van der Waals surface area contributed by atoms with E-state index in [1.165, 1.54) is 10.4 Å². The van der Waals surface area contributed by atoms with Crippen LogP contribution in [0.5, 0.6) is 0 Å². The Morgan fingerprint density at radius 2 is 1.88 bits per heavy atom. The van der Waals surface area contributed by atoms with Gasteiger partial charge in [0.2, 0.25) is 15.9 Å². The van der Waals surface area contributed by atoms with Crippen molar-refractivity contribution in [2.75, 3.05) is 33.4 Å². The number of nitrogens with zero attached hydrogens (tertiary/aromatic N) is 2. The number of hydrogen-bond donors (Lipinski definition) is 1. The molecule has 0 saturated carbocycles. The van der Waals surface area contributed by atoms with Crippen LogP contribution in [-0.4, -0.2) is 75.0 Å². The molecule has 1 aromatic rings. The number of likely N-dealkylation sites (tertiary alicyclic amines) is 1. The summed E-state index contributed by atoms with van der Waals surface area (Å²) in [6, 6.07) is 2.71. The van der Waals surface area contributed by atoms with Crippen molar-refractivity contribution in [3.05, 3.63) is 29.8 Å². The zero-order valence-electron chi connectivity index (χ0n) is 19.8. The molecule has 0 radical (unpaired) electrons. The monoisotopic (exact) mass is 505 g/mol. The molecule has 0 spiro atoms. The van der Waals surface area contributed by atoms with Crippen LogP contribution in [0.15, 0.2) is 29.2 Å². The van der Waals surface area contributed by atoms with E-state index in [0.717, 1.165) is 12.1 Å². The minimum absolute atomic E-state index is 0.00821. The first-order valence-electron chi connectivity index (χ1n) is 11.7. The van der Waals surface area contributed by atoms with Gasteiger partial charge in [0.15, 0.2) is 0 Å². The van der Waals surface area contributed by atoms with Crippen molar-refractivity contribution in [3.8, 4) is 0 Å². The van der Waals surface area contributed by atoms with Gasteiger partial charge in [-0.25, -0.2) is 8.42 Å². The van der Waals surface area contributed by atoms with Crippen molar-refractivity contribution in [1.82, 2.24) is 14.5 Å². The first-order valence-corrected chi connectivity index (χ1v) is 13.1. The van der Waals surface area contributed by atoms with Gasteiger partial charge in [0.25, 0.3) is 0 Å². The first-order chi connectivity index (χ1) is 15.9. The number of halogens is 3. The Morgan fingerprint density at radius 3 is 2.41 bits per heavy atom. The second-order valence-electron chi connectivity index (χ2n) is 9.41. The van der Waals surface area contributed by atoms with E-state index in [2.05, 4.69) is 5.32 Å². The van der Waals surface area contributed by atoms with Crippen LogP contribution in [0.3, 0.4) is 0 Å². The van der Waals surface area contributed by atoms with E-state index in [1.807, 2.05) is 13.8 Å². The average Bonchev–Trinajstić information content (AvgIpc) is 3.31. The lowest BCUT2D eigenvalue weighted by molar-refractivity contribution is -0.137. The van der Waals surface area contributed by atoms with Crippen molar-refractivity contribution in [3.63, 3.8) is 0 Å². The molecule has 0 bridgehead atoms. The lowest BCUT2D eigenvalue weighted by atomic mass is 9.99. The molecule has 1 amide bonds. The van der Waals surface area contributed by atoms with E-state index in [4.69, 9.17) is 4.74 Å². The number of rotatable bonds is 8. The smallest absolute Gasteiger partial charge is 0.380 e. The number of sulfonamides is 1. The standard InChI is InChI=1S/C23H34F3N3O4S/c1-16(2)13-21(27-3)22(30)28-10-7-18(8-11-28)29(19-9-12-33-15-19)34(31,32)20-6-4-5-17(14-20)23(24,25)26/h4-6,14,16,18-19,21,27H,7-13,15H2,1-3H3/t19?,21-/m0/s1. The maximum absolute atomic E-state index is 13.6. The highest BCUT2D eigenvalue weighted by molar-refractivity contribution is 7.89. The van der Waals surface area contributed by atoms with Gasteiger partial charge in [-0.15, -0.1) is 0 Å². The highest BCUT2D eigenvalue weighted by atomic mass is 32.2. The van der Waals surface area contributed by atoms with Crippen LogP contribution < -0.4 is 5.32 Å². The van der Waals surface area contributed by atoms with Gasteiger partial charge in [-0.1, -0.05) is 19.9 Å². The number of likely N-dealkylation sites (N-methyl/N-ethyl adjacent to an activating group) is 1. The number of amides is 1. The van der Waals surface area contributed by atoms with Crippen LogP contribution in [0.4, 0.5) is 13.2 Å². The average molecular weight is 506 g/mol. The fourth-order valence-corrected chi connectivity index (χ4v) is 6.67. The molecule has 2 atom stereocenters. The number of carbonyl (C=O) groups excluding carboxylic acids is 1. The number of hydrogen-bond acceptors (Lipinski definition) is 5. The minimum Gasteiger partial charge on any atom is -0.380 e. The van der Waals surface area contributed by atoms with Gasteiger partial charge < -0.3 is 15.0 Å². The van der Waals surface area contributed by atoms with Gasteiger partial charge in [0.1, 0.15) is 0 Å². The minimum atomic E-state index is -4.64. The molecule has 0 aliphatic carbocycles. The lowest BCUT2D eigenvalue weighted by Gasteiger charge is -2.41. The molecule has 1 aromatic carbocycles. The summed E-state index contributed by atoms with van der Waals surface area (Å²) in [5, 5.41) is 3.07. The van der Waals surface area contributed by atoms with Gasteiger partial charge in [0.05, 0.1) is 29.1 Å². The fourth-order valence-electron chi connectivity index (χ4n) is 4.74. The number of carbonyl (C=O) groups is 1. The topological polar surface area (TPSA) is 79.0 Å². The summed E-state index contributed by atoms with van der Waals surface area (Å²) in [5.74, 6) is 0.334. The predicted molar refractivity (Wildman–Crippen MR) is 122 cm³/mol. The van der Waals surface area contributed by atoms with Crippen LogP contribution in [0, 0.1) is 5.92 Å². The van der Waals surface area contributed by atoms with Crippen LogP contribution in [0.2, 0.25) is 0 Å². The Kier molecular flexibility index (Phi) is 8.65. The second kappa shape index (κ2) is 10.9. The number of alkyl halides is 3. The molecule has 2 saturated heterocycles. The normalized spacial score (nSPS) is 21.4. The maximum atomic E-state index is 13.6. The van der Waals surface area contributed by atoms with Gasteiger partial charge in [0, 0.05) is 25.7 Å². The van der Waals surface area contributed by atoms with Gasteiger partial charge in [-0.05, 0) is 56.8 Å². The summed E-state index contributed by atoms with van der Waals surface area (Å²) in [6.07, 6.45) is -2.63. The molecule has 11 heteroatoms. The third-order valence-electron chi connectivity index (χ3n) is 6.49. The third kappa shape index (κ3) is 6.10. The molecule has 2 heterocycles. The highest BCUT2D eigenvalue weighted by Crippen LogP contribution is 2.34. The quantitative estimate of drug-likeness (QED) is 0.588. The molecule has 1 N–H and O–H groups in total. The molecular formula is C23H34F3N3O4S. The van der Waals surface area contributed by atoms with Gasteiger partial charge >= 0.3 is 6.18 Å². The van der Waals surface area contributed by atoms with E-state index in [-0.39, 0.29) is 23.5 Å². The molecule has 2 aliphatic rings. The Bertz CT molecular complexity index is 941. The van der Waals surface area contributed by atoms with E-state index in [0.29, 0.717) is 57.4 Å². The van der Waals surface area contributed by atoms with E-state index >= 15 is 0 Å². The Hall–Kier alpha value is -1.69. The molecule has 0 aromatic heterocycles. The van der Waals surface area contributed by atoms with Crippen molar-refractivity contribution in [2.45, 2.75) is 68.7 Å². The van der Waals surface area contributed by atoms with Crippen molar-refractivity contribution in [1.29, 1.82) is 0 Å². The summed E-state index contributed by atoms with van der Waals surface area (Å²) in [4.78, 5) is 14.3. The molecule has 2 fully saturated rings. The number of piperidine rings is 1. The summed E-state index contributed by atoms with van der Waals surface area (Å²) in [7, 11) is -2.45. The zero-order chi connectivity index (χ0) is 25.1. The Morgan fingerprint density at radius 1 is 1.21 bits per heavy atom. The molecule has 3 rings (SSSR count). The molecule has 2 aliphatic heterocycles. The second-order valence-corrected chi connectivity index (χ2v) is 11.2. The van der Waals surface area contributed by atoms with Crippen molar-refractivity contribution >= 4 is 15.9 Å². The molecular weight excluding hydrogens is 471 g/mol. The first kappa shape index (κ1) is 26.9. The summed E-state index contributed by atoms with van der Waals surface area (Å²) >= 11 is 0. The number of benzene rings is 1. The third-order valence-corrected chi connectivity index (χ3v) is 8.49. The highest BCUT2D eigenvalue weighted by Gasteiger charge is 2.42. The summed E-state index contributed by atoms with van der Waals surface area (Å²) in [5.41, 5.74) is -1.00. The molecule has 192 valence electrons. The summed E-state index contributed by atoms with van der Waals surface area (Å²) < 4.78 is 73.7.